The van der Waals surface area contributed by atoms with E-state index in [2.05, 4.69) is 44.8 Å². The number of hydrazone groups is 1. The molecule has 0 aliphatic heterocycles. The van der Waals surface area contributed by atoms with Gasteiger partial charge < -0.3 is 4.74 Å². The van der Waals surface area contributed by atoms with Gasteiger partial charge in [-0.3, -0.25) is 9.78 Å². The standard InChI is InChI=1S/C19H19N5O2/c1-13-7-9-15(10-8-13)12-26-17-6-4-3-5-16(17)11-20-23-19-21-18(25)14(2)22-24-19/h3-11H,12H2,1-2H3,(H2,21,23,24,25)/b20-11+. The van der Waals surface area contributed by atoms with Crippen molar-refractivity contribution in [2.24, 2.45) is 5.10 Å². The van der Waals surface area contributed by atoms with Gasteiger partial charge in [0.1, 0.15) is 18.1 Å². The van der Waals surface area contributed by atoms with Crippen molar-refractivity contribution in [1.29, 1.82) is 0 Å². The van der Waals surface area contributed by atoms with Gasteiger partial charge in [0.15, 0.2) is 0 Å². The molecular formula is C19H19N5O2. The van der Waals surface area contributed by atoms with Gasteiger partial charge in [-0.2, -0.15) is 5.10 Å². The van der Waals surface area contributed by atoms with Crippen LogP contribution in [0.25, 0.3) is 0 Å². The summed E-state index contributed by atoms with van der Waals surface area (Å²) in [6, 6.07) is 15.8. The quantitative estimate of drug-likeness (QED) is 0.527. The minimum atomic E-state index is -0.306. The Bertz CT molecular complexity index is 964. The molecule has 0 atom stereocenters. The van der Waals surface area contributed by atoms with Crippen molar-refractivity contribution >= 4 is 12.2 Å². The Morgan fingerprint density at radius 2 is 1.88 bits per heavy atom. The number of anilines is 1. The molecule has 2 N–H and O–H groups in total. The lowest BCUT2D eigenvalue weighted by molar-refractivity contribution is 0.306. The number of aryl methyl sites for hydroxylation is 2. The molecule has 0 aliphatic carbocycles. The van der Waals surface area contributed by atoms with Crippen molar-refractivity contribution in [3.05, 3.63) is 81.3 Å². The van der Waals surface area contributed by atoms with Gasteiger partial charge >= 0.3 is 0 Å². The largest absolute Gasteiger partial charge is 0.488 e. The lowest BCUT2D eigenvalue weighted by atomic mass is 10.1. The summed E-state index contributed by atoms with van der Waals surface area (Å²) in [7, 11) is 0. The fraction of sp³-hybridized carbons (Fsp3) is 0.158. The van der Waals surface area contributed by atoms with Gasteiger partial charge in [-0.05, 0) is 31.5 Å². The maximum atomic E-state index is 11.5. The van der Waals surface area contributed by atoms with E-state index in [1.165, 1.54) is 5.56 Å². The van der Waals surface area contributed by atoms with E-state index < -0.39 is 0 Å². The summed E-state index contributed by atoms with van der Waals surface area (Å²) in [5.74, 6) is 0.886. The van der Waals surface area contributed by atoms with Crippen LogP contribution in [0.2, 0.25) is 0 Å². The van der Waals surface area contributed by atoms with E-state index in [-0.39, 0.29) is 11.5 Å². The third kappa shape index (κ3) is 4.54. The number of hydrogen-bond acceptors (Lipinski definition) is 6. The number of nitrogens with zero attached hydrogens (tertiary/aromatic N) is 3. The number of benzene rings is 2. The summed E-state index contributed by atoms with van der Waals surface area (Å²) in [5.41, 5.74) is 5.75. The van der Waals surface area contributed by atoms with Crippen LogP contribution in [0.5, 0.6) is 5.75 Å². The zero-order chi connectivity index (χ0) is 18.4. The maximum Gasteiger partial charge on any atom is 0.274 e. The molecule has 0 radical (unpaired) electrons. The molecule has 0 amide bonds. The number of rotatable bonds is 6. The fourth-order valence-electron chi connectivity index (χ4n) is 2.17. The summed E-state index contributed by atoms with van der Waals surface area (Å²) >= 11 is 0. The highest BCUT2D eigenvalue weighted by Crippen LogP contribution is 2.18. The summed E-state index contributed by atoms with van der Waals surface area (Å²) in [5, 5.41) is 11.6. The highest BCUT2D eigenvalue weighted by molar-refractivity contribution is 5.83. The predicted octanol–water partition coefficient (Wildman–Crippen LogP) is 2.81. The lowest BCUT2D eigenvalue weighted by Crippen LogP contribution is -2.15. The molecule has 0 saturated heterocycles. The molecule has 0 aliphatic rings. The van der Waals surface area contributed by atoms with Crippen LogP contribution < -0.4 is 15.7 Å². The monoisotopic (exact) mass is 349 g/mol. The topological polar surface area (TPSA) is 92.3 Å². The molecule has 0 bridgehead atoms. The maximum absolute atomic E-state index is 11.5. The minimum absolute atomic E-state index is 0.176. The molecule has 132 valence electrons. The van der Waals surface area contributed by atoms with Crippen LogP contribution in [0.3, 0.4) is 0 Å². The van der Waals surface area contributed by atoms with Crippen molar-refractivity contribution in [1.82, 2.24) is 15.2 Å². The lowest BCUT2D eigenvalue weighted by Gasteiger charge is -2.09. The van der Waals surface area contributed by atoms with Crippen LogP contribution >= 0.6 is 0 Å². The second-order valence-electron chi connectivity index (χ2n) is 5.77. The minimum Gasteiger partial charge on any atom is -0.488 e. The molecule has 1 aromatic heterocycles. The van der Waals surface area contributed by atoms with E-state index in [1.54, 1.807) is 13.1 Å². The van der Waals surface area contributed by atoms with E-state index in [0.717, 1.165) is 11.1 Å². The van der Waals surface area contributed by atoms with E-state index in [0.29, 0.717) is 18.1 Å². The number of nitrogens with one attached hydrogen (secondary N) is 2. The first-order valence-electron chi connectivity index (χ1n) is 8.12. The van der Waals surface area contributed by atoms with Gasteiger partial charge in [0.2, 0.25) is 5.95 Å². The summed E-state index contributed by atoms with van der Waals surface area (Å²) in [4.78, 5) is 14.0. The van der Waals surface area contributed by atoms with Crippen LogP contribution in [0.1, 0.15) is 22.4 Å². The number of aromatic nitrogens is 3. The van der Waals surface area contributed by atoms with Crippen molar-refractivity contribution in [3.8, 4) is 5.75 Å². The highest BCUT2D eigenvalue weighted by Gasteiger charge is 2.02. The van der Waals surface area contributed by atoms with Gasteiger partial charge in [-0.25, -0.2) is 5.43 Å². The molecular weight excluding hydrogens is 330 g/mol. The van der Waals surface area contributed by atoms with Crippen molar-refractivity contribution in [2.45, 2.75) is 20.5 Å². The average Bonchev–Trinajstić information content (AvgIpc) is 2.65. The average molecular weight is 349 g/mol. The van der Waals surface area contributed by atoms with Gasteiger partial charge in [-0.15, -0.1) is 10.2 Å². The van der Waals surface area contributed by atoms with Gasteiger partial charge in [-0.1, -0.05) is 42.0 Å². The van der Waals surface area contributed by atoms with E-state index in [4.69, 9.17) is 4.74 Å². The van der Waals surface area contributed by atoms with E-state index in [9.17, 15) is 4.79 Å². The molecule has 3 aromatic rings. The third-order valence-electron chi connectivity index (χ3n) is 3.67. The van der Waals surface area contributed by atoms with Gasteiger partial charge in [0, 0.05) is 5.56 Å². The molecule has 1 heterocycles. The molecule has 26 heavy (non-hydrogen) atoms. The smallest absolute Gasteiger partial charge is 0.274 e. The van der Waals surface area contributed by atoms with Gasteiger partial charge in [0.05, 0.1) is 6.21 Å². The molecule has 7 nitrogen and oxygen atoms in total. The first-order valence-corrected chi connectivity index (χ1v) is 8.12. The predicted molar refractivity (Wildman–Crippen MR) is 101 cm³/mol. The third-order valence-corrected chi connectivity index (χ3v) is 3.67. The Hall–Kier alpha value is -3.48. The summed E-state index contributed by atoms with van der Waals surface area (Å²) < 4.78 is 5.90. The molecule has 0 fully saturated rings. The van der Waals surface area contributed by atoms with Crippen molar-refractivity contribution in [2.75, 3.05) is 5.43 Å². The number of H-pyrrole nitrogens is 1. The zero-order valence-corrected chi connectivity index (χ0v) is 14.6. The second-order valence-corrected chi connectivity index (χ2v) is 5.77. The Kier molecular flexibility index (Phi) is 5.38. The number of ether oxygens (including phenoxy) is 1. The first kappa shape index (κ1) is 17.3. The highest BCUT2D eigenvalue weighted by atomic mass is 16.5. The molecule has 7 heteroatoms. The normalized spacial score (nSPS) is 10.8. The van der Waals surface area contributed by atoms with Crippen molar-refractivity contribution in [3.63, 3.8) is 0 Å². The molecule has 3 rings (SSSR count). The number of hydrogen-bond donors (Lipinski definition) is 2. The molecule has 0 unspecified atom stereocenters. The Morgan fingerprint density at radius 1 is 1.12 bits per heavy atom. The van der Waals surface area contributed by atoms with Crippen LogP contribution in [-0.4, -0.2) is 21.4 Å². The van der Waals surface area contributed by atoms with Crippen molar-refractivity contribution < 1.29 is 4.74 Å². The molecule has 2 aromatic carbocycles. The SMILES string of the molecule is Cc1ccc(COc2ccccc2/C=N/Nc2nnc(C)c(=O)[nH]2)cc1. The Morgan fingerprint density at radius 3 is 2.65 bits per heavy atom. The molecule has 0 spiro atoms. The van der Waals surface area contributed by atoms with Crippen LogP contribution in [0, 0.1) is 13.8 Å². The first-order chi connectivity index (χ1) is 12.6. The Labute approximate surface area is 150 Å². The van der Waals surface area contributed by atoms with Crippen LogP contribution in [0.4, 0.5) is 5.95 Å². The van der Waals surface area contributed by atoms with Crippen LogP contribution in [0.15, 0.2) is 58.4 Å². The van der Waals surface area contributed by atoms with Crippen LogP contribution in [-0.2, 0) is 6.61 Å². The zero-order valence-electron chi connectivity index (χ0n) is 14.6. The van der Waals surface area contributed by atoms with E-state index >= 15 is 0 Å². The molecule has 0 saturated carbocycles. The Balaban J connectivity index is 1.67. The summed E-state index contributed by atoms with van der Waals surface area (Å²) in [6.07, 6.45) is 1.60. The van der Waals surface area contributed by atoms with E-state index in [1.807, 2.05) is 36.4 Å². The van der Waals surface area contributed by atoms with Gasteiger partial charge in [0.25, 0.3) is 5.56 Å². The summed E-state index contributed by atoms with van der Waals surface area (Å²) in [6.45, 7) is 4.10. The second kappa shape index (κ2) is 8.06. The number of para-hydroxylation sites is 1. The fourth-order valence-corrected chi connectivity index (χ4v) is 2.17. The number of aromatic amines is 1.